The minimum absolute atomic E-state index is 0.0483. The number of halogens is 1. The Morgan fingerprint density at radius 1 is 1.38 bits per heavy atom. The van der Waals surface area contributed by atoms with Crippen LogP contribution in [0.25, 0.3) is 0 Å². The van der Waals surface area contributed by atoms with Crippen molar-refractivity contribution >= 4 is 23.5 Å². The topological polar surface area (TPSA) is 84.2 Å². The molecule has 6 nitrogen and oxygen atoms in total. The zero-order chi connectivity index (χ0) is 17.7. The van der Waals surface area contributed by atoms with Crippen LogP contribution in [0.3, 0.4) is 0 Å². The van der Waals surface area contributed by atoms with Crippen molar-refractivity contribution in [1.29, 1.82) is 0 Å². The molecule has 0 aromatic carbocycles. The number of amides is 1. The summed E-state index contributed by atoms with van der Waals surface area (Å²) in [4.78, 5) is 23.4. The third kappa shape index (κ3) is 4.97. The molecule has 0 aliphatic heterocycles. The van der Waals surface area contributed by atoms with Crippen LogP contribution < -0.4 is 5.32 Å². The van der Waals surface area contributed by atoms with Crippen molar-refractivity contribution in [2.24, 2.45) is 13.0 Å². The van der Waals surface area contributed by atoms with Crippen LogP contribution in [-0.4, -0.2) is 32.8 Å². The zero-order valence-electron chi connectivity index (χ0n) is 14.3. The van der Waals surface area contributed by atoms with Gasteiger partial charge >= 0.3 is 5.97 Å². The Bertz CT molecular complexity index is 594. The molecule has 1 aromatic rings. The first-order valence-electron chi connectivity index (χ1n) is 8.60. The first kappa shape index (κ1) is 18.8. The highest BCUT2D eigenvalue weighted by Crippen LogP contribution is 2.28. The summed E-state index contributed by atoms with van der Waals surface area (Å²) in [6.07, 6.45) is 7.32. The van der Waals surface area contributed by atoms with Gasteiger partial charge in [-0.05, 0) is 25.7 Å². The van der Waals surface area contributed by atoms with Gasteiger partial charge in [-0.3, -0.25) is 14.3 Å². The standard InChI is InChI=1S/C17H26ClN3O3/c1-11-15(18)16(20-21(11)2)17(24)19-13(8-9-14(22)23)10-12-6-4-3-5-7-12/h12-13H,3-10H2,1-2H3,(H,19,24)(H,22,23). The van der Waals surface area contributed by atoms with Crippen molar-refractivity contribution in [1.82, 2.24) is 15.1 Å². The molecule has 24 heavy (non-hydrogen) atoms. The lowest BCUT2D eigenvalue weighted by Gasteiger charge is -2.26. The highest BCUT2D eigenvalue weighted by Gasteiger charge is 2.24. The maximum atomic E-state index is 12.5. The van der Waals surface area contributed by atoms with Crippen molar-refractivity contribution in [3.05, 3.63) is 16.4 Å². The molecule has 1 aliphatic rings. The largest absolute Gasteiger partial charge is 0.481 e. The Morgan fingerprint density at radius 3 is 2.58 bits per heavy atom. The molecule has 1 amide bonds. The van der Waals surface area contributed by atoms with E-state index in [9.17, 15) is 9.59 Å². The summed E-state index contributed by atoms with van der Waals surface area (Å²) in [7, 11) is 1.74. The molecule has 1 atom stereocenters. The smallest absolute Gasteiger partial charge is 0.303 e. The summed E-state index contributed by atoms with van der Waals surface area (Å²) in [5, 5.41) is 16.4. The average molecular weight is 356 g/mol. The highest BCUT2D eigenvalue weighted by atomic mass is 35.5. The van der Waals surface area contributed by atoms with Crippen molar-refractivity contribution in [2.45, 2.75) is 64.3 Å². The molecule has 1 saturated carbocycles. The molecule has 0 bridgehead atoms. The number of carbonyl (C=O) groups excluding carboxylic acids is 1. The molecule has 1 heterocycles. The zero-order valence-corrected chi connectivity index (χ0v) is 15.1. The van der Waals surface area contributed by atoms with Crippen LogP contribution in [0.1, 0.15) is 67.5 Å². The summed E-state index contributed by atoms with van der Waals surface area (Å²) in [5.74, 6) is -0.613. The number of carbonyl (C=O) groups is 2. The summed E-state index contributed by atoms with van der Waals surface area (Å²) in [6.45, 7) is 1.80. The average Bonchev–Trinajstić information content (AvgIpc) is 2.81. The summed E-state index contributed by atoms with van der Waals surface area (Å²) in [6, 6.07) is -0.157. The van der Waals surface area contributed by atoms with Gasteiger partial charge in [0.15, 0.2) is 5.69 Å². The highest BCUT2D eigenvalue weighted by molar-refractivity contribution is 6.34. The molecule has 0 saturated heterocycles. The number of carboxylic acid groups (broad SMARTS) is 1. The van der Waals surface area contributed by atoms with E-state index in [1.807, 2.05) is 0 Å². The Kier molecular flexibility index (Phi) is 6.66. The van der Waals surface area contributed by atoms with Crippen LogP contribution in [0, 0.1) is 12.8 Å². The van der Waals surface area contributed by atoms with Gasteiger partial charge in [0.25, 0.3) is 5.91 Å². The van der Waals surface area contributed by atoms with E-state index < -0.39 is 5.97 Å². The third-order valence-electron chi connectivity index (χ3n) is 4.86. The molecule has 1 aliphatic carbocycles. The van der Waals surface area contributed by atoms with Gasteiger partial charge in [0.2, 0.25) is 0 Å². The number of aryl methyl sites for hydroxylation is 1. The maximum Gasteiger partial charge on any atom is 0.303 e. The SMILES string of the molecule is Cc1c(Cl)c(C(=O)NC(CCC(=O)O)CC2CCCCC2)nn1C. The van der Waals surface area contributed by atoms with Gasteiger partial charge in [0, 0.05) is 19.5 Å². The van der Waals surface area contributed by atoms with E-state index in [1.54, 1.807) is 18.7 Å². The van der Waals surface area contributed by atoms with Crippen molar-refractivity contribution in [2.75, 3.05) is 0 Å². The minimum Gasteiger partial charge on any atom is -0.481 e. The fourth-order valence-electron chi connectivity index (χ4n) is 3.35. The number of nitrogens with zero attached hydrogens (tertiary/aromatic N) is 2. The van der Waals surface area contributed by atoms with Gasteiger partial charge in [-0.25, -0.2) is 0 Å². The minimum atomic E-state index is -0.843. The summed E-state index contributed by atoms with van der Waals surface area (Å²) in [5.41, 5.74) is 0.941. The molecule has 134 valence electrons. The molecule has 2 N–H and O–H groups in total. The lowest BCUT2D eigenvalue weighted by atomic mass is 9.84. The number of hydrogen-bond donors (Lipinski definition) is 2. The van der Waals surface area contributed by atoms with Crippen molar-refractivity contribution < 1.29 is 14.7 Å². The molecule has 0 radical (unpaired) electrons. The number of carboxylic acids is 1. The van der Waals surface area contributed by atoms with Crippen LogP contribution in [0.15, 0.2) is 0 Å². The Morgan fingerprint density at radius 2 is 2.04 bits per heavy atom. The molecule has 1 fully saturated rings. The summed E-state index contributed by atoms with van der Waals surface area (Å²) < 4.78 is 1.57. The molecule has 7 heteroatoms. The van der Waals surface area contributed by atoms with Crippen LogP contribution >= 0.6 is 11.6 Å². The molecule has 2 rings (SSSR count). The van der Waals surface area contributed by atoms with Gasteiger partial charge in [0.1, 0.15) is 0 Å². The molecular formula is C17H26ClN3O3. The monoisotopic (exact) mass is 355 g/mol. The van der Waals surface area contributed by atoms with E-state index >= 15 is 0 Å². The number of hydrogen-bond acceptors (Lipinski definition) is 3. The second-order valence-electron chi connectivity index (χ2n) is 6.71. The number of aromatic nitrogens is 2. The van der Waals surface area contributed by atoms with E-state index in [-0.39, 0.29) is 24.1 Å². The molecule has 0 spiro atoms. The van der Waals surface area contributed by atoms with E-state index in [1.165, 1.54) is 19.3 Å². The van der Waals surface area contributed by atoms with Gasteiger partial charge in [-0.2, -0.15) is 5.10 Å². The van der Waals surface area contributed by atoms with Gasteiger partial charge in [0.05, 0.1) is 10.7 Å². The molecule has 1 unspecified atom stereocenters. The van der Waals surface area contributed by atoms with Gasteiger partial charge < -0.3 is 10.4 Å². The predicted molar refractivity (Wildman–Crippen MR) is 92.3 cm³/mol. The second-order valence-corrected chi connectivity index (χ2v) is 7.09. The normalized spacial score (nSPS) is 16.8. The van der Waals surface area contributed by atoms with Crippen LogP contribution in [0.2, 0.25) is 5.02 Å². The number of aliphatic carboxylic acids is 1. The van der Waals surface area contributed by atoms with Crippen molar-refractivity contribution in [3.63, 3.8) is 0 Å². The van der Waals surface area contributed by atoms with Crippen LogP contribution in [0.5, 0.6) is 0 Å². The third-order valence-corrected chi connectivity index (χ3v) is 5.31. The van der Waals surface area contributed by atoms with Gasteiger partial charge in [-0.1, -0.05) is 43.7 Å². The fraction of sp³-hybridized carbons (Fsp3) is 0.706. The molecule has 1 aromatic heterocycles. The first-order valence-corrected chi connectivity index (χ1v) is 8.98. The Hall–Kier alpha value is -1.56. The van der Waals surface area contributed by atoms with E-state index in [2.05, 4.69) is 10.4 Å². The predicted octanol–water partition coefficient (Wildman–Crippen LogP) is 3.32. The fourth-order valence-corrected chi connectivity index (χ4v) is 3.60. The first-order chi connectivity index (χ1) is 11.4. The van der Waals surface area contributed by atoms with E-state index in [0.717, 1.165) is 25.0 Å². The molecular weight excluding hydrogens is 330 g/mol. The number of rotatable bonds is 7. The lowest BCUT2D eigenvalue weighted by molar-refractivity contribution is -0.137. The Balaban J connectivity index is 2.03. The maximum absolute atomic E-state index is 12.5. The van der Waals surface area contributed by atoms with Crippen LogP contribution in [-0.2, 0) is 11.8 Å². The van der Waals surface area contributed by atoms with Gasteiger partial charge in [-0.15, -0.1) is 0 Å². The lowest BCUT2D eigenvalue weighted by Crippen LogP contribution is -2.37. The van der Waals surface area contributed by atoms with E-state index in [0.29, 0.717) is 17.4 Å². The number of nitrogens with one attached hydrogen (secondary N) is 1. The van der Waals surface area contributed by atoms with Crippen molar-refractivity contribution in [3.8, 4) is 0 Å². The second kappa shape index (κ2) is 8.51. The van der Waals surface area contributed by atoms with E-state index in [4.69, 9.17) is 16.7 Å². The Labute approximate surface area is 147 Å². The summed E-state index contributed by atoms with van der Waals surface area (Å²) >= 11 is 6.17. The quantitative estimate of drug-likeness (QED) is 0.785. The van der Waals surface area contributed by atoms with Crippen LogP contribution in [0.4, 0.5) is 0 Å².